The Labute approximate surface area is 99.6 Å². The summed E-state index contributed by atoms with van der Waals surface area (Å²) in [4.78, 5) is 11.8. The zero-order valence-corrected chi connectivity index (χ0v) is 9.92. The molecule has 0 aliphatic carbocycles. The van der Waals surface area contributed by atoms with Gasteiger partial charge in [0.1, 0.15) is 6.04 Å². The topological polar surface area (TPSA) is 77.3 Å². The summed E-state index contributed by atoms with van der Waals surface area (Å²) in [5.41, 5.74) is 7.78. The van der Waals surface area contributed by atoms with E-state index < -0.39 is 6.04 Å². The lowest BCUT2D eigenvalue weighted by atomic mass is 10.1. The fourth-order valence-electron chi connectivity index (χ4n) is 1.97. The second-order valence-electron chi connectivity index (χ2n) is 4.14. The van der Waals surface area contributed by atoms with E-state index in [4.69, 9.17) is 11.6 Å². The van der Waals surface area contributed by atoms with Crippen LogP contribution in [0.15, 0.2) is 30.5 Å². The molecule has 2 rings (SSSR count). The second-order valence-corrected chi connectivity index (χ2v) is 4.14. The molecule has 0 fully saturated rings. The molecule has 90 valence electrons. The zero-order chi connectivity index (χ0) is 12.6. The Kier molecular flexibility index (Phi) is 2.87. The molecule has 0 saturated heterocycles. The summed E-state index contributed by atoms with van der Waals surface area (Å²) in [7, 11) is 3.42. The van der Waals surface area contributed by atoms with Crippen LogP contribution in [0.25, 0.3) is 10.9 Å². The SMILES string of the molecule is CN(N)C(=O)C(N)c1cn(C)c2ccccc12. The van der Waals surface area contributed by atoms with Crippen LogP contribution in [0, 0.1) is 0 Å². The smallest absolute Gasteiger partial charge is 0.257 e. The van der Waals surface area contributed by atoms with Crippen LogP contribution in [0.3, 0.4) is 0 Å². The summed E-state index contributed by atoms with van der Waals surface area (Å²) < 4.78 is 1.95. The van der Waals surface area contributed by atoms with Gasteiger partial charge in [0.2, 0.25) is 0 Å². The van der Waals surface area contributed by atoms with E-state index >= 15 is 0 Å². The molecule has 1 aromatic carbocycles. The number of aromatic nitrogens is 1. The Hall–Kier alpha value is -1.85. The Balaban J connectivity index is 2.53. The van der Waals surface area contributed by atoms with Crippen LogP contribution in [-0.2, 0) is 11.8 Å². The third kappa shape index (κ3) is 1.90. The van der Waals surface area contributed by atoms with Gasteiger partial charge in [0.05, 0.1) is 0 Å². The molecular weight excluding hydrogens is 216 g/mol. The first-order valence-corrected chi connectivity index (χ1v) is 5.34. The van der Waals surface area contributed by atoms with E-state index in [9.17, 15) is 4.79 Å². The molecule has 0 saturated carbocycles. The van der Waals surface area contributed by atoms with Gasteiger partial charge in [-0.1, -0.05) is 18.2 Å². The fraction of sp³-hybridized carbons (Fsp3) is 0.250. The van der Waals surface area contributed by atoms with Gasteiger partial charge >= 0.3 is 0 Å². The number of carbonyl (C=O) groups is 1. The van der Waals surface area contributed by atoms with E-state index in [1.165, 1.54) is 7.05 Å². The van der Waals surface area contributed by atoms with Gasteiger partial charge in [-0.05, 0) is 6.07 Å². The lowest BCUT2D eigenvalue weighted by Gasteiger charge is -2.15. The van der Waals surface area contributed by atoms with E-state index in [0.29, 0.717) is 0 Å². The second kappa shape index (κ2) is 4.20. The van der Waals surface area contributed by atoms with Crippen molar-refractivity contribution >= 4 is 16.8 Å². The monoisotopic (exact) mass is 232 g/mol. The van der Waals surface area contributed by atoms with Crippen LogP contribution in [0.5, 0.6) is 0 Å². The van der Waals surface area contributed by atoms with Gasteiger partial charge in [0.25, 0.3) is 5.91 Å². The first-order chi connectivity index (χ1) is 8.02. The number of benzene rings is 1. The molecule has 0 aliphatic heterocycles. The largest absolute Gasteiger partial charge is 0.350 e. The Morgan fingerprint density at radius 2 is 2.06 bits per heavy atom. The van der Waals surface area contributed by atoms with Crippen molar-refractivity contribution in [3.8, 4) is 0 Å². The van der Waals surface area contributed by atoms with E-state index in [1.807, 2.05) is 42.1 Å². The van der Waals surface area contributed by atoms with Crippen molar-refractivity contribution in [2.24, 2.45) is 18.6 Å². The van der Waals surface area contributed by atoms with Crippen molar-refractivity contribution < 1.29 is 4.79 Å². The Bertz CT molecular complexity index is 559. The third-order valence-corrected chi connectivity index (χ3v) is 2.88. The highest BCUT2D eigenvalue weighted by Gasteiger charge is 2.21. The molecule has 0 aliphatic rings. The maximum Gasteiger partial charge on any atom is 0.257 e. The lowest BCUT2D eigenvalue weighted by molar-refractivity contribution is -0.131. The number of likely N-dealkylation sites (N-methyl/N-ethyl adjacent to an activating group) is 1. The number of nitrogens with two attached hydrogens (primary N) is 2. The predicted octanol–water partition coefficient (Wildman–Crippen LogP) is 0.510. The standard InChI is InChI=1S/C12H16N4O/c1-15-7-9(11(13)12(17)16(2)14)8-5-3-4-6-10(8)15/h3-7,11H,13-14H2,1-2H3. The summed E-state index contributed by atoms with van der Waals surface area (Å²) in [6.45, 7) is 0. The highest BCUT2D eigenvalue weighted by atomic mass is 16.2. The van der Waals surface area contributed by atoms with Crippen molar-refractivity contribution in [2.45, 2.75) is 6.04 Å². The van der Waals surface area contributed by atoms with Crippen molar-refractivity contribution in [3.63, 3.8) is 0 Å². The van der Waals surface area contributed by atoms with Gasteiger partial charge in [-0.25, -0.2) is 5.84 Å². The summed E-state index contributed by atoms with van der Waals surface area (Å²) in [5, 5.41) is 2.00. The van der Waals surface area contributed by atoms with E-state index in [-0.39, 0.29) is 5.91 Å². The highest BCUT2D eigenvalue weighted by Crippen LogP contribution is 2.25. The Morgan fingerprint density at radius 1 is 1.41 bits per heavy atom. The summed E-state index contributed by atoms with van der Waals surface area (Å²) in [5.74, 6) is 5.12. The van der Waals surface area contributed by atoms with Gasteiger partial charge in [0.15, 0.2) is 0 Å². The van der Waals surface area contributed by atoms with Crippen LogP contribution >= 0.6 is 0 Å². The van der Waals surface area contributed by atoms with Gasteiger partial charge in [-0.3, -0.25) is 9.80 Å². The van der Waals surface area contributed by atoms with Gasteiger partial charge in [0, 0.05) is 36.8 Å². The average molecular weight is 232 g/mol. The van der Waals surface area contributed by atoms with Gasteiger partial charge in [-0.2, -0.15) is 0 Å². The number of hydrogen-bond acceptors (Lipinski definition) is 3. The number of aryl methyl sites for hydroxylation is 1. The number of nitrogens with zero attached hydrogens (tertiary/aromatic N) is 2. The lowest BCUT2D eigenvalue weighted by Crippen LogP contribution is -2.40. The van der Waals surface area contributed by atoms with Crippen molar-refractivity contribution in [1.29, 1.82) is 0 Å². The van der Waals surface area contributed by atoms with Crippen LogP contribution in [0.4, 0.5) is 0 Å². The number of hydrogen-bond donors (Lipinski definition) is 2. The molecule has 1 amide bonds. The molecule has 2 aromatic rings. The van der Waals surface area contributed by atoms with Gasteiger partial charge < -0.3 is 10.3 Å². The quantitative estimate of drug-likeness (QED) is 0.450. The summed E-state index contributed by atoms with van der Waals surface area (Å²) in [6, 6.07) is 7.09. The number of fused-ring (bicyclic) bond motifs is 1. The molecule has 1 atom stereocenters. The molecule has 17 heavy (non-hydrogen) atoms. The fourth-order valence-corrected chi connectivity index (χ4v) is 1.97. The first kappa shape index (κ1) is 11.6. The Morgan fingerprint density at radius 3 is 2.71 bits per heavy atom. The maximum atomic E-state index is 11.8. The minimum atomic E-state index is -0.726. The molecule has 0 radical (unpaired) electrons. The molecule has 5 nitrogen and oxygen atoms in total. The molecule has 1 heterocycles. The minimum absolute atomic E-state index is 0.304. The van der Waals surface area contributed by atoms with Crippen LogP contribution in [-0.4, -0.2) is 22.5 Å². The van der Waals surface area contributed by atoms with Crippen LogP contribution in [0.1, 0.15) is 11.6 Å². The number of para-hydroxylation sites is 1. The van der Waals surface area contributed by atoms with Gasteiger partial charge in [-0.15, -0.1) is 0 Å². The normalized spacial score (nSPS) is 12.7. The predicted molar refractivity (Wildman–Crippen MR) is 66.8 cm³/mol. The molecule has 1 aromatic heterocycles. The van der Waals surface area contributed by atoms with E-state index in [2.05, 4.69) is 0 Å². The van der Waals surface area contributed by atoms with E-state index in [1.54, 1.807) is 0 Å². The summed E-state index contributed by atoms with van der Waals surface area (Å²) in [6.07, 6.45) is 1.87. The van der Waals surface area contributed by atoms with Crippen molar-refractivity contribution in [3.05, 3.63) is 36.0 Å². The third-order valence-electron chi connectivity index (χ3n) is 2.88. The number of carbonyl (C=O) groups excluding carboxylic acids is 1. The molecule has 1 unspecified atom stereocenters. The zero-order valence-electron chi connectivity index (χ0n) is 9.92. The number of rotatable bonds is 2. The van der Waals surface area contributed by atoms with Crippen molar-refractivity contribution in [1.82, 2.24) is 9.58 Å². The molecule has 5 heteroatoms. The number of amides is 1. The minimum Gasteiger partial charge on any atom is -0.350 e. The van der Waals surface area contributed by atoms with Crippen molar-refractivity contribution in [2.75, 3.05) is 7.05 Å². The molecule has 0 spiro atoms. The van der Waals surface area contributed by atoms with E-state index in [0.717, 1.165) is 21.5 Å². The maximum absolute atomic E-state index is 11.8. The number of hydrazine groups is 1. The van der Waals surface area contributed by atoms with Crippen LogP contribution in [0.2, 0.25) is 0 Å². The summed E-state index contributed by atoms with van der Waals surface area (Å²) >= 11 is 0. The molecule has 4 N–H and O–H groups in total. The first-order valence-electron chi connectivity index (χ1n) is 5.34. The molecular formula is C12H16N4O. The molecule has 0 bridgehead atoms. The van der Waals surface area contributed by atoms with Crippen LogP contribution < -0.4 is 11.6 Å². The average Bonchev–Trinajstić information content (AvgIpc) is 2.65. The highest BCUT2D eigenvalue weighted by molar-refractivity contribution is 5.91.